The first kappa shape index (κ1) is 35.3. The Hall–Kier alpha value is -4.15. The van der Waals surface area contributed by atoms with E-state index in [0.29, 0.717) is 19.1 Å². The molecule has 1 amide bonds. The molecular weight excluding hydrogens is 642 g/mol. The van der Waals surface area contributed by atoms with Crippen LogP contribution in [0.5, 0.6) is 5.75 Å². The van der Waals surface area contributed by atoms with Gasteiger partial charge in [0.15, 0.2) is 5.60 Å². The van der Waals surface area contributed by atoms with Gasteiger partial charge in [-0.05, 0) is 71.6 Å². The molecule has 0 saturated heterocycles. The first-order valence-corrected chi connectivity index (χ1v) is 12.3. The summed E-state index contributed by atoms with van der Waals surface area (Å²) in [6.45, 7) is -1.85. The highest BCUT2D eigenvalue weighted by Gasteiger charge is 2.51. The van der Waals surface area contributed by atoms with Crippen molar-refractivity contribution in [2.45, 2.75) is 50.3 Å². The maximum absolute atomic E-state index is 13.6. The highest BCUT2D eigenvalue weighted by atomic mass is 19.4. The molecule has 17 heteroatoms. The maximum Gasteiger partial charge on any atom is 0.421 e. The summed E-state index contributed by atoms with van der Waals surface area (Å²) in [6.07, 6.45) is -22.8. The van der Waals surface area contributed by atoms with Gasteiger partial charge < -0.3 is 14.9 Å². The number of benzene rings is 3. The number of ether oxygens (including phenoxy) is 1. The molecule has 0 radical (unpaired) electrons. The average Bonchev–Trinajstić information content (AvgIpc) is 2.90. The zero-order valence-corrected chi connectivity index (χ0v) is 22.8. The minimum atomic E-state index is -5.28. The predicted molar refractivity (Wildman–Crippen MR) is 133 cm³/mol. The molecule has 45 heavy (non-hydrogen) atoms. The number of hydrogen-bond donors (Lipinski definition) is 2. The summed E-state index contributed by atoms with van der Waals surface area (Å²) in [6, 6.07) is 4.52. The number of halogens is 12. The molecule has 0 aliphatic rings. The van der Waals surface area contributed by atoms with Crippen molar-refractivity contribution in [3.05, 3.63) is 88.0 Å². The van der Waals surface area contributed by atoms with Gasteiger partial charge in [-0.25, -0.2) is 4.79 Å². The van der Waals surface area contributed by atoms with Crippen LogP contribution in [0.3, 0.4) is 0 Å². The van der Waals surface area contributed by atoms with E-state index < -0.39 is 82.9 Å². The van der Waals surface area contributed by atoms with Crippen molar-refractivity contribution in [3.8, 4) is 16.9 Å². The lowest BCUT2D eigenvalue weighted by atomic mass is 9.89. The highest BCUT2D eigenvalue weighted by Crippen LogP contribution is 2.44. The van der Waals surface area contributed by atoms with Gasteiger partial charge in [-0.1, -0.05) is 12.1 Å². The minimum Gasteiger partial charge on any atom is -0.496 e. The third kappa shape index (κ3) is 7.93. The highest BCUT2D eigenvalue weighted by molar-refractivity contribution is 5.75. The van der Waals surface area contributed by atoms with Gasteiger partial charge in [0.05, 0.1) is 23.8 Å². The largest absolute Gasteiger partial charge is 0.496 e. The molecule has 5 nitrogen and oxygen atoms in total. The number of nitrogens with zero attached hydrogens (tertiary/aromatic N) is 1. The molecule has 0 spiro atoms. The van der Waals surface area contributed by atoms with E-state index in [9.17, 15) is 67.7 Å². The SMILES string of the molecule is COc1ccc(C(C)(O)C(F)(F)F)cc1-c1ccc(C(F)(F)F)cc1CN(Cc1cc(C(F)(F)F)cc(C(F)(F)F)c1)C(=O)O. The molecule has 3 rings (SSSR count). The summed E-state index contributed by atoms with van der Waals surface area (Å²) in [7, 11) is 1.06. The Morgan fingerprint density at radius 2 is 1.20 bits per heavy atom. The van der Waals surface area contributed by atoms with E-state index in [1.165, 1.54) is 0 Å². The number of methoxy groups -OCH3 is 1. The fourth-order valence-corrected chi connectivity index (χ4v) is 4.28. The third-order valence-electron chi connectivity index (χ3n) is 6.69. The summed E-state index contributed by atoms with van der Waals surface area (Å²) >= 11 is 0. The standard InChI is InChI=1S/C28H21F12NO4/c1-24(44,28(38,39)40)16-4-6-22(45-2)21(11-16)20-5-3-17(25(29,30)31)9-15(20)13-41(23(42)43)12-14-7-18(26(32,33)34)10-19(8-14)27(35,36)37/h3-11,44H,12-13H2,1-2H3,(H,42,43). The van der Waals surface area contributed by atoms with E-state index in [4.69, 9.17) is 4.74 Å². The molecule has 0 bridgehead atoms. The Labute approximate surface area is 246 Å². The number of aliphatic hydroxyl groups is 1. The quantitative estimate of drug-likeness (QED) is 0.248. The molecule has 1 atom stereocenters. The fraction of sp³-hybridized carbons (Fsp3) is 0.321. The van der Waals surface area contributed by atoms with Crippen LogP contribution in [0, 0.1) is 0 Å². The van der Waals surface area contributed by atoms with Crippen LogP contribution >= 0.6 is 0 Å². The van der Waals surface area contributed by atoms with E-state index >= 15 is 0 Å². The Morgan fingerprint density at radius 1 is 0.689 bits per heavy atom. The van der Waals surface area contributed by atoms with Gasteiger partial charge in [-0.2, -0.15) is 52.7 Å². The number of alkyl halides is 12. The van der Waals surface area contributed by atoms with Crippen LogP contribution < -0.4 is 4.74 Å². The van der Waals surface area contributed by atoms with Crippen LogP contribution in [0.15, 0.2) is 54.6 Å². The third-order valence-corrected chi connectivity index (χ3v) is 6.69. The molecule has 0 aliphatic carbocycles. The Balaban J connectivity index is 2.22. The van der Waals surface area contributed by atoms with Crippen LogP contribution in [-0.4, -0.2) is 34.5 Å². The summed E-state index contributed by atoms with van der Waals surface area (Å²) < 4.78 is 167. The Bertz CT molecular complexity index is 1520. The van der Waals surface area contributed by atoms with Crippen LogP contribution in [0.2, 0.25) is 0 Å². The monoisotopic (exact) mass is 663 g/mol. The number of carbonyl (C=O) groups is 1. The van der Waals surface area contributed by atoms with Gasteiger partial charge in [-0.15, -0.1) is 0 Å². The van der Waals surface area contributed by atoms with Crippen LogP contribution in [0.1, 0.15) is 40.3 Å². The van der Waals surface area contributed by atoms with Crippen molar-refractivity contribution >= 4 is 6.09 Å². The maximum atomic E-state index is 13.6. The summed E-state index contributed by atoms with van der Waals surface area (Å²) in [5, 5.41) is 19.9. The van der Waals surface area contributed by atoms with Gasteiger partial charge in [0.25, 0.3) is 0 Å². The van der Waals surface area contributed by atoms with Gasteiger partial charge in [-0.3, -0.25) is 4.90 Å². The van der Waals surface area contributed by atoms with Gasteiger partial charge in [0.1, 0.15) is 5.75 Å². The number of hydrogen-bond acceptors (Lipinski definition) is 3. The smallest absolute Gasteiger partial charge is 0.421 e. The minimum absolute atomic E-state index is 0.200. The van der Waals surface area contributed by atoms with Crippen molar-refractivity contribution in [3.63, 3.8) is 0 Å². The lowest BCUT2D eigenvalue weighted by Crippen LogP contribution is -2.39. The molecule has 0 saturated carbocycles. The van der Waals surface area contributed by atoms with E-state index in [0.717, 1.165) is 31.4 Å². The van der Waals surface area contributed by atoms with E-state index in [1.807, 2.05) is 0 Å². The molecule has 0 fully saturated rings. The van der Waals surface area contributed by atoms with Gasteiger partial charge in [0, 0.05) is 18.7 Å². The van der Waals surface area contributed by atoms with Gasteiger partial charge >= 0.3 is 30.8 Å². The number of carboxylic acid groups (broad SMARTS) is 1. The normalized spacial score (nSPS) is 14.2. The summed E-state index contributed by atoms with van der Waals surface area (Å²) in [5.74, 6) is -0.229. The lowest BCUT2D eigenvalue weighted by molar-refractivity contribution is -0.258. The number of rotatable bonds is 7. The second-order valence-electron chi connectivity index (χ2n) is 9.91. The molecule has 0 aromatic heterocycles. The molecule has 0 heterocycles. The van der Waals surface area contributed by atoms with Crippen LogP contribution in [0.25, 0.3) is 11.1 Å². The van der Waals surface area contributed by atoms with Gasteiger partial charge in [0.2, 0.25) is 0 Å². The lowest BCUT2D eigenvalue weighted by Gasteiger charge is -2.28. The van der Waals surface area contributed by atoms with Crippen LogP contribution in [0.4, 0.5) is 57.5 Å². The Kier molecular flexibility index (Phi) is 9.41. The average molecular weight is 663 g/mol. The van der Waals surface area contributed by atoms with E-state index in [-0.39, 0.29) is 40.0 Å². The zero-order valence-electron chi connectivity index (χ0n) is 22.8. The second-order valence-corrected chi connectivity index (χ2v) is 9.91. The molecule has 3 aromatic carbocycles. The second kappa shape index (κ2) is 12.0. The van der Waals surface area contributed by atoms with E-state index in [1.54, 1.807) is 0 Å². The summed E-state index contributed by atoms with van der Waals surface area (Å²) in [4.78, 5) is 12.3. The molecule has 3 aromatic rings. The van der Waals surface area contributed by atoms with Crippen molar-refractivity contribution in [2.24, 2.45) is 0 Å². The van der Waals surface area contributed by atoms with Crippen molar-refractivity contribution in [2.75, 3.05) is 7.11 Å². The first-order chi connectivity index (χ1) is 20.4. The zero-order chi connectivity index (χ0) is 34.3. The predicted octanol–water partition coefficient (Wildman–Crippen LogP) is 8.87. The topological polar surface area (TPSA) is 70.0 Å². The number of amides is 1. The molecule has 1 unspecified atom stereocenters. The Morgan fingerprint density at radius 3 is 1.64 bits per heavy atom. The van der Waals surface area contributed by atoms with Crippen molar-refractivity contribution in [1.82, 2.24) is 4.90 Å². The first-order valence-electron chi connectivity index (χ1n) is 12.3. The van der Waals surface area contributed by atoms with E-state index in [2.05, 4.69) is 0 Å². The molecule has 246 valence electrons. The molecule has 0 aliphatic heterocycles. The molecule has 2 N–H and O–H groups in total. The van der Waals surface area contributed by atoms with Crippen LogP contribution in [-0.2, 0) is 37.2 Å². The van der Waals surface area contributed by atoms with Crippen molar-refractivity contribution in [1.29, 1.82) is 0 Å². The van der Waals surface area contributed by atoms with Crippen molar-refractivity contribution < 1.29 is 72.4 Å². The fourth-order valence-electron chi connectivity index (χ4n) is 4.28. The molecular formula is C28H21F12NO4. The summed E-state index contributed by atoms with van der Waals surface area (Å²) in [5.41, 5.74) is -11.2.